The minimum absolute atomic E-state index is 0.0187. The Labute approximate surface area is 155 Å². The van der Waals surface area contributed by atoms with Gasteiger partial charge >= 0.3 is 0 Å². The van der Waals surface area contributed by atoms with Crippen molar-refractivity contribution < 1.29 is 23.1 Å². The average Bonchev–Trinajstić information content (AvgIpc) is 2.68. The molecule has 27 heavy (non-hydrogen) atoms. The Kier molecular flexibility index (Phi) is 5.81. The molecule has 7 heteroatoms. The topological polar surface area (TPSA) is 58.6 Å². The van der Waals surface area contributed by atoms with Crippen molar-refractivity contribution in [2.75, 3.05) is 26.2 Å². The van der Waals surface area contributed by atoms with Crippen LogP contribution in [0.25, 0.3) is 11.1 Å². The van der Waals surface area contributed by atoms with Crippen LogP contribution in [0.1, 0.15) is 17.3 Å². The summed E-state index contributed by atoms with van der Waals surface area (Å²) >= 11 is 0. The number of morpholine rings is 1. The van der Waals surface area contributed by atoms with Crippen LogP contribution in [-0.2, 0) is 9.53 Å². The smallest absolute Gasteiger partial charge is 0.251 e. The van der Waals surface area contributed by atoms with Crippen molar-refractivity contribution in [3.8, 4) is 11.1 Å². The number of nitrogens with one attached hydrogen (secondary N) is 1. The Morgan fingerprint density at radius 2 is 1.93 bits per heavy atom. The molecule has 1 fully saturated rings. The van der Waals surface area contributed by atoms with Gasteiger partial charge in [-0.2, -0.15) is 0 Å². The van der Waals surface area contributed by atoms with E-state index >= 15 is 0 Å². The molecule has 0 unspecified atom stereocenters. The number of nitrogens with zero attached hydrogens (tertiary/aromatic N) is 1. The van der Waals surface area contributed by atoms with Crippen molar-refractivity contribution in [3.05, 3.63) is 59.7 Å². The zero-order valence-corrected chi connectivity index (χ0v) is 14.9. The van der Waals surface area contributed by atoms with Crippen LogP contribution in [0.5, 0.6) is 0 Å². The number of rotatable bonds is 4. The molecule has 0 aliphatic carbocycles. The molecule has 3 rings (SSSR count). The minimum Gasteiger partial charge on any atom is -0.373 e. The average molecular weight is 374 g/mol. The number of amides is 2. The third kappa shape index (κ3) is 4.49. The van der Waals surface area contributed by atoms with Crippen LogP contribution >= 0.6 is 0 Å². The summed E-state index contributed by atoms with van der Waals surface area (Å²) in [4.78, 5) is 25.4. The van der Waals surface area contributed by atoms with Gasteiger partial charge in [0.2, 0.25) is 5.91 Å². The van der Waals surface area contributed by atoms with E-state index in [9.17, 15) is 18.4 Å². The van der Waals surface area contributed by atoms with Gasteiger partial charge in [0.15, 0.2) is 11.6 Å². The first kappa shape index (κ1) is 19.0. The van der Waals surface area contributed by atoms with Crippen molar-refractivity contribution in [1.29, 1.82) is 0 Å². The number of halogens is 2. The first-order valence-corrected chi connectivity index (χ1v) is 8.65. The molecule has 5 nitrogen and oxygen atoms in total. The SMILES string of the molecule is CC(=O)N1CCO[C@H](CNC(=O)c2ccc(-c3cccc(F)c3F)cc2)C1. The van der Waals surface area contributed by atoms with Crippen molar-refractivity contribution in [3.63, 3.8) is 0 Å². The molecule has 1 aliphatic rings. The van der Waals surface area contributed by atoms with Crippen LogP contribution in [0.2, 0.25) is 0 Å². The number of hydrogen-bond donors (Lipinski definition) is 1. The highest BCUT2D eigenvalue weighted by atomic mass is 19.2. The van der Waals surface area contributed by atoms with Gasteiger partial charge in [-0.05, 0) is 23.8 Å². The molecule has 1 saturated heterocycles. The molecular formula is C20H20F2N2O3. The molecule has 2 aromatic carbocycles. The Balaban J connectivity index is 1.61. The molecule has 0 aromatic heterocycles. The fourth-order valence-electron chi connectivity index (χ4n) is 2.97. The third-order valence-electron chi connectivity index (χ3n) is 4.48. The van der Waals surface area contributed by atoms with Gasteiger partial charge in [0.1, 0.15) is 0 Å². The van der Waals surface area contributed by atoms with Crippen LogP contribution in [0, 0.1) is 11.6 Å². The molecule has 1 N–H and O–H groups in total. The van der Waals surface area contributed by atoms with Gasteiger partial charge in [-0.15, -0.1) is 0 Å². The summed E-state index contributed by atoms with van der Waals surface area (Å²) in [5.74, 6) is -2.15. The standard InChI is InChI=1S/C20H20F2N2O3/c1-13(25)24-9-10-27-16(12-24)11-23-20(26)15-7-5-14(6-8-15)17-3-2-4-18(21)19(17)22/h2-8,16H,9-12H2,1H3,(H,23,26)/t16-/m1/s1. The minimum atomic E-state index is -0.917. The van der Waals surface area contributed by atoms with E-state index in [2.05, 4.69) is 5.32 Å². The monoisotopic (exact) mass is 374 g/mol. The predicted molar refractivity (Wildman–Crippen MR) is 96.1 cm³/mol. The molecule has 0 spiro atoms. The largest absolute Gasteiger partial charge is 0.373 e. The number of hydrogen-bond acceptors (Lipinski definition) is 3. The van der Waals surface area contributed by atoms with E-state index in [0.717, 1.165) is 6.07 Å². The summed E-state index contributed by atoms with van der Waals surface area (Å²) in [6.45, 7) is 3.21. The van der Waals surface area contributed by atoms with E-state index < -0.39 is 11.6 Å². The summed E-state index contributed by atoms with van der Waals surface area (Å²) in [6.07, 6.45) is -0.257. The molecular weight excluding hydrogens is 354 g/mol. The summed E-state index contributed by atoms with van der Waals surface area (Å²) in [5, 5.41) is 2.77. The Morgan fingerprint density at radius 1 is 1.19 bits per heavy atom. The van der Waals surface area contributed by atoms with E-state index in [1.165, 1.54) is 19.1 Å². The van der Waals surface area contributed by atoms with E-state index in [1.807, 2.05) is 0 Å². The van der Waals surface area contributed by atoms with Gasteiger partial charge in [0.05, 0.1) is 12.7 Å². The first-order valence-electron chi connectivity index (χ1n) is 8.65. The van der Waals surface area contributed by atoms with Gasteiger partial charge < -0.3 is 15.0 Å². The van der Waals surface area contributed by atoms with Crippen molar-refractivity contribution >= 4 is 11.8 Å². The fourth-order valence-corrected chi connectivity index (χ4v) is 2.97. The van der Waals surface area contributed by atoms with Crippen molar-refractivity contribution in [2.24, 2.45) is 0 Å². The summed E-state index contributed by atoms with van der Waals surface area (Å²) in [7, 11) is 0. The Bertz CT molecular complexity index is 840. The maximum atomic E-state index is 13.9. The second-order valence-electron chi connectivity index (χ2n) is 6.35. The van der Waals surface area contributed by atoms with Gasteiger partial charge in [0, 0.05) is 37.7 Å². The van der Waals surface area contributed by atoms with Crippen LogP contribution in [0.4, 0.5) is 8.78 Å². The molecule has 1 aliphatic heterocycles. The molecule has 2 aromatic rings. The lowest BCUT2D eigenvalue weighted by Gasteiger charge is -2.32. The van der Waals surface area contributed by atoms with Crippen molar-refractivity contribution in [2.45, 2.75) is 13.0 Å². The molecule has 0 bridgehead atoms. The van der Waals surface area contributed by atoms with Crippen LogP contribution < -0.4 is 5.32 Å². The highest BCUT2D eigenvalue weighted by molar-refractivity contribution is 5.94. The van der Waals surface area contributed by atoms with Crippen LogP contribution in [-0.4, -0.2) is 49.1 Å². The summed E-state index contributed by atoms with van der Waals surface area (Å²) in [6, 6.07) is 10.2. The fraction of sp³-hybridized carbons (Fsp3) is 0.300. The van der Waals surface area contributed by atoms with E-state index in [0.29, 0.717) is 30.8 Å². The van der Waals surface area contributed by atoms with Crippen LogP contribution in [0.15, 0.2) is 42.5 Å². The third-order valence-corrected chi connectivity index (χ3v) is 4.48. The Hall–Kier alpha value is -2.80. The van der Waals surface area contributed by atoms with Crippen LogP contribution in [0.3, 0.4) is 0 Å². The zero-order valence-electron chi connectivity index (χ0n) is 14.9. The lowest BCUT2D eigenvalue weighted by atomic mass is 10.0. The second kappa shape index (κ2) is 8.26. The number of benzene rings is 2. The lowest BCUT2D eigenvalue weighted by molar-refractivity contribution is -0.136. The van der Waals surface area contributed by atoms with E-state index in [4.69, 9.17) is 4.74 Å². The quantitative estimate of drug-likeness (QED) is 0.895. The summed E-state index contributed by atoms with van der Waals surface area (Å²) < 4.78 is 32.8. The molecule has 2 amide bonds. The normalized spacial score (nSPS) is 16.9. The molecule has 1 heterocycles. The summed E-state index contributed by atoms with van der Waals surface area (Å²) in [5.41, 5.74) is 1.02. The van der Waals surface area contributed by atoms with Gasteiger partial charge in [-0.1, -0.05) is 24.3 Å². The predicted octanol–water partition coefficient (Wildman–Crippen LogP) is 2.61. The molecule has 0 radical (unpaired) electrons. The maximum absolute atomic E-state index is 13.9. The lowest BCUT2D eigenvalue weighted by Crippen LogP contribution is -2.49. The van der Waals surface area contributed by atoms with E-state index in [1.54, 1.807) is 29.2 Å². The molecule has 142 valence electrons. The maximum Gasteiger partial charge on any atom is 0.251 e. The first-order chi connectivity index (χ1) is 13.0. The number of carbonyl (C=O) groups is 2. The highest BCUT2D eigenvalue weighted by Crippen LogP contribution is 2.24. The zero-order chi connectivity index (χ0) is 19.4. The van der Waals surface area contributed by atoms with Gasteiger partial charge in [-0.3, -0.25) is 9.59 Å². The Morgan fingerprint density at radius 3 is 2.63 bits per heavy atom. The molecule has 0 saturated carbocycles. The van der Waals surface area contributed by atoms with Gasteiger partial charge in [0.25, 0.3) is 5.91 Å². The number of carbonyl (C=O) groups excluding carboxylic acids is 2. The second-order valence-corrected chi connectivity index (χ2v) is 6.35. The van der Waals surface area contributed by atoms with Gasteiger partial charge in [-0.25, -0.2) is 8.78 Å². The highest BCUT2D eigenvalue weighted by Gasteiger charge is 2.22. The number of ether oxygens (including phenoxy) is 1. The molecule has 1 atom stereocenters. The van der Waals surface area contributed by atoms with Crippen molar-refractivity contribution in [1.82, 2.24) is 10.2 Å². The van der Waals surface area contributed by atoms with E-state index in [-0.39, 0.29) is 30.0 Å².